The predicted molar refractivity (Wildman–Crippen MR) is 72.7 cm³/mol. The third-order valence-corrected chi connectivity index (χ3v) is 2.85. The predicted octanol–water partition coefficient (Wildman–Crippen LogP) is 3.11. The van der Waals surface area contributed by atoms with Crippen molar-refractivity contribution in [2.75, 3.05) is 6.61 Å². The van der Waals surface area contributed by atoms with Gasteiger partial charge in [-0.2, -0.15) is 0 Å². The number of ether oxygens (including phenoxy) is 1. The molecule has 18 heavy (non-hydrogen) atoms. The summed E-state index contributed by atoms with van der Waals surface area (Å²) in [6.45, 7) is 2.82. The van der Waals surface area contributed by atoms with E-state index in [0.29, 0.717) is 6.61 Å². The SMILES string of the molecule is Cc1cccc(OCCc2ccc(CO)cc2)c1. The minimum absolute atomic E-state index is 0.0973. The Morgan fingerprint density at radius 1 is 1.00 bits per heavy atom. The summed E-state index contributed by atoms with van der Waals surface area (Å²) in [5.41, 5.74) is 3.37. The first-order valence-electron chi connectivity index (χ1n) is 6.16. The van der Waals surface area contributed by atoms with Gasteiger partial charge in [0.15, 0.2) is 0 Å². The first kappa shape index (κ1) is 12.7. The van der Waals surface area contributed by atoms with Crippen LogP contribution in [0.3, 0.4) is 0 Å². The lowest BCUT2D eigenvalue weighted by Gasteiger charge is -2.07. The largest absolute Gasteiger partial charge is 0.493 e. The van der Waals surface area contributed by atoms with E-state index < -0.39 is 0 Å². The van der Waals surface area contributed by atoms with Crippen molar-refractivity contribution < 1.29 is 9.84 Å². The molecule has 0 radical (unpaired) electrons. The smallest absolute Gasteiger partial charge is 0.119 e. The Balaban J connectivity index is 1.84. The summed E-state index contributed by atoms with van der Waals surface area (Å²) in [6, 6.07) is 16.0. The van der Waals surface area contributed by atoms with E-state index in [1.807, 2.05) is 42.5 Å². The lowest BCUT2D eigenvalue weighted by Crippen LogP contribution is -2.01. The Labute approximate surface area is 108 Å². The van der Waals surface area contributed by atoms with Gasteiger partial charge in [0.1, 0.15) is 5.75 Å². The Hall–Kier alpha value is -1.80. The molecule has 0 bridgehead atoms. The number of aryl methyl sites for hydroxylation is 1. The summed E-state index contributed by atoms with van der Waals surface area (Å²) in [5.74, 6) is 0.918. The van der Waals surface area contributed by atoms with E-state index in [1.165, 1.54) is 11.1 Å². The van der Waals surface area contributed by atoms with Gasteiger partial charge in [-0.25, -0.2) is 0 Å². The lowest BCUT2D eigenvalue weighted by atomic mass is 10.1. The van der Waals surface area contributed by atoms with Crippen LogP contribution in [0.2, 0.25) is 0 Å². The first-order chi connectivity index (χ1) is 8.78. The van der Waals surface area contributed by atoms with Gasteiger partial charge in [-0.3, -0.25) is 0 Å². The van der Waals surface area contributed by atoms with Crippen molar-refractivity contribution in [1.82, 2.24) is 0 Å². The zero-order valence-electron chi connectivity index (χ0n) is 10.6. The highest BCUT2D eigenvalue weighted by Crippen LogP contribution is 2.13. The maximum absolute atomic E-state index is 8.95. The molecule has 1 N–H and O–H groups in total. The third kappa shape index (κ3) is 3.60. The molecule has 2 heteroatoms. The van der Waals surface area contributed by atoms with Gasteiger partial charge in [0.05, 0.1) is 13.2 Å². The minimum Gasteiger partial charge on any atom is -0.493 e. The topological polar surface area (TPSA) is 29.5 Å². The van der Waals surface area contributed by atoms with Gasteiger partial charge in [-0.05, 0) is 35.7 Å². The fourth-order valence-corrected chi connectivity index (χ4v) is 1.80. The summed E-state index contributed by atoms with van der Waals surface area (Å²) in [6.07, 6.45) is 0.875. The molecule has 94 valence electrons. The normalized spacial score (nSPS) is 10.3. The number of rotatable bonds is 5. The van der Waals surface area contributed by atoms with Crippen LogP contribution in [0, 0.1) is 6.92 Å². The molecule has 0 atom stereocenters. The lowest BCUT2D eigenvalue weighted by molar-refractivity contribution is 0.282. The number of aliphatic hydroxyl groups excluding tert-OH is 1. The van der Waals surface area contributed by atoms with Crippen LogP contribution in [0.4, 0.5) is 0 Å². The fraction of sp³-hybridized carbons (Fsp3) is 0.250. The van der Waals surface area contributed by atoms with Crippen molar-refractivity contribution >= 4 is 0 Å². The van der Waals surface area contributed by atoms with Crippen LogP contribution in [0.1, 0.15) is 16.7 Å². The quantitative estimate of drug-likeness (QED) is 0.873. The van der Waals surface area contributed by atoms with Gasteiger partial charge >= 0.3 is 0 Å². The molecule has 0 fully saturated rings. The maximum Gasteiger partial charge on any atom is 0.119 e. The van der Waals surface area contributed by atoms with Crippen LogP contribution in [0.15, 0.2) is 48.5 Å². The Kier molecular flexibility index (Phi) is 4.37. The van der Waals surface area contributed by atoms with Crippen LogP contribution in [0.25, 0.3) is 0 Å². The molecule has 0 aliphatic heterocycles. The molecule has 2 aromatic carbocycles. The molecule has 2 aromatic rings. The summed E-state index contributed by atoms with van der Waals surface area (Å²) in [5, 5.41) is 8.95. The van der Waals surface area contributed by atoms with Gasteiger partial charge < -0.3 is 9.84 Å². The average molecular weight is 242 g/mol. The average Bonchev–Trinajstić information content (AvgIpc) is 2.40. The molecule has 0 saturated heterocycles. The maximum atomic E-state index is 8.95. The molecule has 2 rings (SSSR count). The standard InChI is InChI=1S/C16H18O2/c1-13-3-2-4-16(11-13)18-10-9-14-5-7-15(12-17)8-6-14/h2-8,11,17H,9-10,12H2,1H3. The van der Waals surface area contributed by atoms with Crippen LogP contribution in [0.5, 0.6) is 5.75 Å². The zero-order chi connectivity index (χ0) is 12.8. The van der Waals surface area contributed by atoms with Crippen LogP contribution < -0.4 is 4.74 Å². The highest BCUT2D eigenvalue weighted by Gasteiger charge is 1.97. The van der Waals surface area contributed by atoms with E-state index >= 15 is 0 Å². The van der Waals surface area contributed by atoms with Crippen LogP contribution in [-0.2, 0) is 13.0 Å². The number of hydrogen-bond donors (Lipinski definition) is 1. The van der Waals surface area contributed by atoms with E-state index in [1.54, 1.807) is 0 Å². The molecule has 2 nitrogen and oxygen atoms in total. The highest BCUT2D eigenvalue weighted by molar-refractivity contribution is 5.27. The first-order valence-corrected chi connectivity index (χ1v) is 6.16. The van der Waals surface area contributed by atoms with Crippen molar-refractivity contribution in [3.05, 3.63) is 65.2 Å². The zero-order valence-corrected chi connectivity index (χ0v) is 10.6. The van der Waals surface area contributed by atoms with Crippen molar-refractivity contribution in [1.29, 1.82) is 0 Å². The molecule has 0 heterocycles. The number of hydrogen-bond acceptors (Lipinski definition) is 2. The van der Waals surface area contributed by atoms with Gasteiger partial charge in [-0.15, -0.1) is 0 Å². The Bertz CT molecular complexity index is 489. The molecule has 0 unspecified atom stereocenters. The molecule has 0 aliphatic rings. The second-order valence-electron chi connectivity index (χ2n) is 4.39. The number of benzene rings is 2. The Morgan fingerprint density at radius 2 is 1.72 bits per heavy atom. The monoisotopic (exact) mass is 242 g/mol. The number of aliphatic hydroxyl groups is 1. The van der Waals surface area contributed by atoms with E-state index in [-0.39, 0.29) is 6.61 Å². The Morgan fingerprint density at radius 3 is 2.39 bits per heavy atom. The summed E-state index contributed by atoms with van der Waals surface area (Å²) in [4.78, 5) is 0. The van der Waals surface area contributed by atoms with Gasteiger partial charge in [0.25, 0.3) is 0 Å². The second-order valence-corrected chi connectivity index (χ2v) is 4.39. The van der Waals surface area contributed by atoms with Crippen molar-refractivity contribution in [3.8, 4) is 5.75 Å². The van der Waals surface area contributed by atoms with E-state index in [2.05, 4.69) is 13.0 Å². The van der Waals surface area contributed by atoms with E-state index in [9.17, 15) is 0 Å². The summed E-state index contributed by atoms with van der Waals surface area (Å²) >= 11 is 0. The third-order valence-electron chi connectivity index (χ3n) is 2.85. The molecule has 0 aliphatic carbocycles. The molecule has 0 aromatic heterocycles. The van der Waals surface area contributed by atoms with Crippen molar-refractivity contribution in [2.24, 2.45) is 0 Å². The second kappa shape index (κ2) is 6.22. The van der Waals surface area contributed by atoms with Crippen molar-refractivity contribution in [2.45, 2.75) is 20.0 Å². The fourth-order valence-electron chi connectivity index (χ4n) is 1.80. The van der Waals surface area contributed by atoms with E-state index in [0.717, 1.165) is 17.7 Å². The summed E-state index contributed by atoms with van der Waals surface area (Å²) < 4.78 is 5.70. The molecule has 0 saturated carbocycles. The highest BCUT2D eigenvalue weighted by atomic mass is 16.5. The summed E-state index contributed by atoms with van der Waals surface area (Å²) in [7, 11) is 0. The van der Waals surface area contributed by atoms with Crippen LogP contribution >= 0.6 is 0 Å². The molecular formula is C16H18O2. The van der Waals surface area contributed by atoms with Crippen LogP contribution in [-0.4, -0.2) is 11.7 Å². The van der Waals surface area contributed by atoms with Gasteiger partial charge in [0.2, 0.25) is 0 Å². The molecule has 0 spiro atoms. The molecular weight excluding hydrogens is 224 g/mol. The minimum atomic E-state index is 0.0973. The molecule has 0 amide bonds. The van der Waals surface area contributed by atoms with Crippen molar-refractivity contribution in [3.63, 3.8) is 0 Å². The van der Waals surface area contributed by atoms with E-state index in [4.69, 9.17) is 9.84 Å². The van der Waals surface area contributed by atoms with Gasteiger partial charge in [-0.1, -0.05) is 36.4 Å². The van der Waals surface area contributed by atoms with Gasteiger partial charge in [0, 0.05) is 6.42 Å².